The molecule has 0 radical (unpaired) electrons. The molecule has 3 aromatic rings. The predicted octanol–water partition coefficient (Wildman–Crippen LogP) is 5.50. The third kappa shape index (κ3) is 3.88. The molecule has 9 heteroatoms. The van der Waals surface area contributed by atoms with Gasteiger partial charge in [-0.05, 0) is 42.5 Å². The number of thioether (sulfide) groups is 1. The van der Waals surface area contributed by atoms with Gasteiger partial charge in [-0.2, -0.15) is 5.10 Å². The number of halogens is 4. The van der Waals surface area contributed by atoms with Gasteiger partial charge in [0.05, 0.1) is 7.11 Å². The maximum Gasteiger partial charge on any atom is 0.281 e. The third-order valence-corrected chi connectivity index (χ3v) is 5.82. The first-order valence-electron chi connectivity index (χ1n) is 9.02. The van der Waals surface area contributed by atoms with E-state index in [1.54, 1.807) is 24.3 Å². The van der Waals surface area contributed by atoms with E-state index in [1.165, 1.54) is 31.4 Å². The topological polar surface area (TPSA) is 41.9 Å². The van der Waals surface area contributed by atoms with Crippen molar-refractivity contribution in [3.8, 4) is 5.75 Å². The van der Waals surface area contributed by atoms with Crippen LogP contribution >= 0.6 is 11.8 Å². The molecular weight excluding hydrogens is 432 g/mol. The molecule has 0 saturated carbocycles. The molecule has 1 amide bonds. The van der Waals surface area contributed by atoms with Gasteiger partial charge in [0.25, 0.3) is 5.91 Å². The summed E-state index contributed by atoms with van der Waals surface area (Å²) >= 11 is 1.11. The van der Waals surface area contributed by atoms with Crippen LogP contribution in [0.5, 0.6) is 5.75 Å². The van der Waals surface area contributed by atoms with E-state index < -0.39 is 40.1 Å². The molecule has 1 atom stereocenters. The van der Waals surface area contributed by atoms with Crippen molar-refractivity contribution in [2.75, 3.05) is 7.11 Å². The van der Waals surface area contributed by atoms with E-state index in [2.05, 4.69) is 5.10 Å². The zero-order valence-corrected chi connectivity index (χ0v) is 16.8. The highest BCUT2D eigenvalue weighted by molar-refractivity contribution is 8.14. The van der Waals surface area contributed by atoms with E-state index in [0.717, 1.165) is 16.8 Å². The number of hydrogen-bond acceptors (Lipinski definition) is 4. The first-order valence-corrected chi connectivity index (χ1v) is 9.90. The number of hydrazone groups is 1. The molecule has 0 bridgehead atoms. The summed E-state index contributed by atoms with van der Waals surface area (Å²) < 4.78 is 61.0. The summed E-state index contributed by atoms with van der Waals surface area (Å²) in [6.07, 6.45) is 0. The number of rotatable bonds is 4. The van der Waals surface area contributed by atoms with E-state index in [0.29, 0.717) is 34.1 Å². The van der Waals surface area contributed by atoms with Crippen LogP contribution in [0.25, 0.3) is 0 Å². The molecule has 1 unspecified atom stereocenters. The second kappa shape index (κ2) is 8.43. The molecule has 4 nitrogen and oxygen atoms in total. The van der Waals surface area contributed by atoms with Crippen LogP contribution in [0.15, 0.2) is 65.8 Å². The van der Waals surface area contributed by atoms with Crippen molar-refractivity contribution in [2.24, 2.45) is 5.10 Å². The smallest absolute Gasteiger partial charge is 0.281 e. The van der Waals surface area contributed by atoms with Gasteiger partial charge in [-0.15, -0.1) is 0 Å². The average Bonchev–Trinajstić information content (AvgIpc) is 3.22. The number of para-hydroxylation sites is 1. The molecular formula is C22H14F4N2O2S. The lowest BCUT2D eigenvalue weighted by Gasteiger charge is -2.23. The van der Waals surface area contributed by atoms with Crippen molar-refractivity contribution in [1.29, 1.82) is 0 Å². The number of amides is 1. The summed E-state index contributed by atoms with van der Waals surface area (Å²) in [6.45, 7) is 0. The number of carbonyl (C=O) groups is 1. The van der Waals surface area contributed by atoms with Gasteiger partial charge in [0.1, 0.15) is 33.4 Å². The Kier molecular flexibility index (Phi) is 5.69. The fourth-order valence-corrected chi connectivity index (χ4v) is 4.29. The Hall–Kier alpha value is -3.33. The molecule has 0 spiro atoms. The molecule has 1 aliphatic heterocycles. The number of nitrogens with zero attached hydrogens (tertiary/aromatic N) is 2. The normalized spacial score (nSPS) is 15.7. The summed E-state index contributed by atoms with van der Waals surface area (Å²) in [7, 11) is 1.44. The van der Waals surface area contributed by atoms with Gasteiger partial charge in [0.2, 0.25) is 0 Å². The van der Waals surface area contributed by atoms with Gasteiger partial charge in [-0.1, -0.05) is 30.0 Å². The molecule has 0 N–H and O–H groups in total. The maximum atomic E-state index is 14.3. The Morgan fingerprint density at radius 2 is 1.65 bits per heavy atom. The van der Waals surface area contributed by atoms with Crippen molar-refractivity contribution in [1.82, 2.24) is 5.01 Å². The summed E-state index contributed by atoms with van der Waals surface area (Å²) in [4.78, 5) is 13.1. The van der Waals surface area contributed by atoms with E-state index in [1.807, 2.05) is 0 Å². The molecule has 0 fully saturated rings. The van der Waals surface area contributed by atoms with Crippen molar-refractivity contribution < 1.29 is 27.1 Å². The predicted molar refractivity (Wildman–Crippen MR) is 109 cm³/mol. The zero-order chi connectivity index (χ0) is 22.1. The molecule has 0 aliphatic carbocycles. The lowest BCUT2D eigenvalue weighted by atomic mass is 10.1. The first kappa shape index (κ1) is 20.9. The minimum atomic E-state index is -1.60. The van der Waals surface area contributed by atoms with Crippen molar-refractivity contribution >= 4 is 22.7 Å². The second-order valence-corrected chi connectivity index (χ2v) is 7.56. The van der Waals surface area contributed by atoms with Crippen molar-refractivity contribution in [3.63, 3.8) is 0 Å². The lowest BCUT2D eigenvalue weighted by molar-refractivity contribution is 0.0736. The highest BCUT2D eigenvalue weighted by atomic mass is 32.2. The Labute approximate surface area is 179 Å². The quantitative estimate of drug-likeness (QED) is 0.393. The van der Waals surface area contributed by atoms with Crippen molar-refractivity contribution in [2.45, 2.75) is 5.37 Å². The number of carbonyl (C=O) groups excluding carboxylic acids is 1. The van der Waals surface area contributed by atoms with Crippen LogP contribution in [0.2, 0.25) is 0 Å². The fourth-order valence-electron chi connectivity index (χ4n) is 3.10. The molecule has 0 saturated heterocycles. The Morgan fingerprint density at radius 1 is 0.968 bits per heavy atom. The van der Waals surface area contributed by atoms with Crippen LogP contribution in [0, 0.1) is 23.3 Å². The Balaban J connectivity index is 1.83. The molecule has 3 aromatic carbocycles. The van der Waals surface area contributed by atoms with Gasteiger partial charge < -0.3 is 4.74 Å². The SMILES string of the molecule is COc1ccccc1C1SC(c2ccc(F)cc2)=NN1C(=O)c1c(F)ccc(F)c1F. The van der Waals surface area contributed by atoms with E-state index in [-0.39, 0.29) is 0 Å². The molecule has 1 aliphatic rings. The third-order valence-electron chi connectivity index (χ3n) is 4.61. The standard InChI is InChI=1S/C22H14F4N2O2S/c1-30-17-5-3-2-4-14(17)22-28(21(29)18-15(24)10-11-16(25)19(18)26)27-20(31-22)12-6-8-13(23)9-7-12/h2-11,22H,1H3. The Morgan fingerprint density at radius 3 is 2.35 bits per heavy atom. The Bertz CT molecular complexity index is 1180. The maximum absolute atomic E-state index is 14.3. The van der Waals surface area contributed by atoms with Crippen LogP contribution < -0.4 is 4.74 Å². The number of benzene rings is 3. The van der Waals surface area contributed by atoms with Crippen molar-refractivity contribution in [3.05, 3.63) is 101 Å². The highest BCUT2D eigenvalue weighted by Gasteiger charge is 2.38. The molecule has 158 valence electrons. The average molecular weight is 446 g/mol. The van der Waals surface area contributed by atoms with E-state index in [9.17, 15) is 22.4 Å². The summed E-state index contributed by atoms with van der Waals surface area (Å²) in [5, 5.41) is 4.58. The van der Waals surface area contributed by atoms with Crippen LogP contribution in [0.1, 0.15) is 26.9 Å². The van der Waals surface area contributed by atoms with Gasteiger partial charge in [0, 0.05) is 11.1 Å². The molecule has 4 rings (SSSR count). The molecule has 1 heterocycles. The summed E-state index contributed by atoms with van der Waals surface area (Å²) in [5.74, 6) is -5.35. The van der Waals surface area contributed by atoms with Gasteiger partial charge in [-0.3, -0.25) is 4.79 Å². The fraction of sp³-hybridized carbons (Fsp3) is 0.0909. The largest absolute Gasteiger partial charge is 0.496 e. The van der Waals surface area contributed by atoms with Gasteiger partial charge in [-0.25, -0.2) is 22.6 Å². The lowest BCUT2D eigenvalue weighted by Crippen LogP contribution is -2.28. The van der Waals surface area contributed by atoms with E-state index >= 15 is 0 Å². The van der Waals surface area contributed by atoms with Crippen LogP contribution in [-0.2, 0) is 0 Å². The molecule has 0 aromatic heterocycles. The number of ether oxygens (including phenoxy) is 1. The summed E-state index contributed by atoms with van der Waals surface area (Å²) in [6, 6.07) is 13.5. The zero-order valence-electron chi connectivity index (χ0n) is 16.0. The highest BCUT2D eigenvalue weighted by Crippen LogP contribution is 2.45. The number of methoxy groups -OCH3 is 1. The van der Waals surface area contributed by atoms with Gasteiger partial charge >= 0.3 is 0 Å². The molecule has 31 heavy (non-hydrogen) atoms. The minimum absolute atomic E-state index is 0.321. The van der Waals surface area contributed by atoms with E-state index in [4.69, 9.17) is 4.74 Å². The van der Waals surface area contributed by atoms with Gasteiger partial charge in [0.15, 0.2) is 11.6 Å². The van der Waals surface area contributed by atoms with Crippen LogP contribution in [0.4, 0.5) is 17.6 Å². The first-order chi connectivity index (χ1) is 14.9. The van der Waals surface area contributed by atoms with Crippen LogP contribution in [-0.4, -0.2) is 23.1 Å². The number of hydrogen-bond donors (Lipinski definition) is 0. The summed E-state index contributed by atoms with van der Waals surface area (Å²) in [5.41, 5.74) is -0.0344. The minimum Gasteiger partial charge on any atom is -0.496 e. The monoisotopic (exact) mass is 446 g/mol. The second-order valence-electron chi connectivity index (χ2n) is 6.49. The van der Waals surface area contributed by atoms with Crippen LogP contribution in [0.3, 0.4) is 0 Å².